The average Bonchev–Trinajstić information content (AvgIpc) is 3.40. The van der Waals surface area contributed by atoms with Gasteiger partial charge < -0.3 is 14.6 Å². The van der Waals surface area contributed by atoms with Gasteiger partial charge in [-0.05, 0) is 62.5 Å². The molecule has 1 aromatic heterocycles. The standard InChI is InChI=1S/C21H27N3O2/c25-21(20-9-8-18(26-20)16-23-12-3-4-13-23)22-11-5-14-24-15-10-17-6-1-2-7-19(17)24/h1-2,6-9H,3-5,10-16H2,(H,22,25). The molecule has 2 aromatic rings. The number of rotatable bonds is 7. The molecule has 138 valence electrons. The molecular formula is C21H27N3O2. The van der Waals surface area contributed by atoms with Crippen LogP contribution in [0.15, 0.2) is 40.8 Å². The second kappa shape index (κ2) is 7.96. The number of likely N-dealkylation sites (tertiary alicyclic amines) is 1. The van der Waals surface area contributed by atoms with E-state index in [0.29, 0.717) is 12.3 Å². The number of furan rings is 1. The van der Waals surface area contributed by atoms with Crippen LogP contribution < -0.4 is 10.2 Å². The first-order valence-corrected chi connectivity index (χ1v) is 9.72. The summed E-state index contributed by atoms with van der Waals surface area (Å²) in [5.41, 5.74) is 2.77. The highest BCUT2D eigenvalue weighted by molar-refractivity contribution is 5.91. The Balaban J connectivity index is 1.20. The van der Waals surface area contributed by atoms with Crippen molar-refractivity contribution in [2.45, 2.75) is 32.2 Å². The number of nitrogens with zero attached hydrogens (tertiary/aromatic N) is 2. The Morgan fingerprint density at radius 2 is 1.92 bits per heavy atom. The van der Waals surface area contributed by atoms with Gasteiger partial charge in [0.05, 0.1) is 6.54 Å². The van der Waals surface area contributed by atoms with Crippen LogP contribution in [-0.2, 0) is 13.0 Å². The van der Waals surface area contributed by atoms with Crippen LogP contribution in [0, 0.1) is 0 Å². The van der Waals surface area contributed by atoms with E-state index in [1.165, 1.54) is 24.1 Å². The van der Waals surface area contributed by atoms with E-state index in [1.807, 2.05) is 6.07 Å². The maximum Gasteiger partial charge on any atom is 0.286 e. The summed E-state index contributed by atoms with van der Waals surface area (Å²) < 4.78 is 5.72. The number of para-hydroxylation sites is 1. The van der Waals surface area contributed by atoms with Crippen LogP contribution in [0.4, 0.5) is 5.69 Å². The molecule has 26 heavy (non-hydrogen) atoms. The minimum Gasteiger partial charge on any atom is -0.455 e. The molecule has 1 N–H and O–H groups in total. The minimum atomic E-state index is -0.112. The van der Waals surface area contributed by atoms with E-state index in [2.05, 4.69) is 39.4 Å². The smallest absolute Gasteiger partial charge is 0.286 e. The molecule has 1 saturated heterocycles. The second-order valence-corrected chi connectivity index (χ2v) is 7.22. The predicted molar refractivity (Wildman–Crippen MR) is 103 cm³/mol. The minimum absolute atomic E-state index is 0.112. The van der Waals surface area contributed by atoms with Crippen molar-refractivity contribution in [2.75, 3.05) is 37.6 Å². The maximum absolute atomic E-state index is 12.3. The zero-order valence-electron chi connectivity index (χ0n) is 15.2. The van der Waals surface area contributed by atoms with Gasteiger partial charge in [-0.3, -0.25) is 9.69 Å². The van der Waals surface area contributed by atoms with Crippen molar-refractivity contribution in [2.24, 2.45) is 0 Å². The third-order valence-corrected chi connectivity index (χ3v) is 5.34. The van der Waals surface area contributed by atoms with Crippen LogP contribution in [0.5, 0.6) is 0 Å². The Kier molecular flexibility index (Phi) is 5.25. The van der Waals surface area contributed by atoms with Gasteiger partial charge in [0.2, 0.25) is 0 Å². The van der Waals surface area contributed by atoms with E-state index in [0.717, 1.165) is 51.3 Å². The summed E-state index contributed by atoms with van der Waals surface area (Å²) in [6.45, 7) is 5.77. The van der Waals surface area contributed by atoms with Gasteiger partial charge in [0, 0.05) is 25.3 Å². The molecule has 1 fully saturated rings. The Hall–Kier alpha value is -2.27. The van der Waals surface area contributed by atoms with E-state index in [-0.39, 0.29) is 5.91 Å². The Bertz CT molecular complexity index is 749. The Morgan fingerprint density at radius 1 is 1.08 bits per heavy atom. The molecule has 0 atom stereocenters. The summed E-state index contributed by atoms with van der Waals surface area (Å²) in [6.07, 6.45) is 4.57. The molecule has 1 amide bonds. The number of nitrogens with one attached hydrogen (secondary N) is 1. The van der Waals surface area contributed by atoms with Gasteiger partial charge in [0.1, 0.15) is 5.76 Å². The molecule has 0 spiro atoms. The zero-order chi connectivity index (χ0) is 17.8. The third-order valence-electron chi connectivity index (χ3n) is 5.34. The third kappa shape index (κ3) is 3.93. The van der Waals surface area contributed by atoms with Gasteiger partial charge in [-0.1, -0.05) is 18.2 Å². The number of hydrogen-bond donors (Lipinski definition) is 1. The number of carbonyl (C=O) groups is 1. The van der Waals surface area contributed by atoms with Crippen molar-refractivity contribution in [1.82, 2.24) is 10.2 Å². The van der Waals surface area contributed by atoms with Gasteiger partial charge in [0.25, 0.3) is 5.91 Å². The summed E-state index contributed by atoms with van der Waals surface area (Å²) in [7, 11) is 0. The number of hydrogen-bond acceptors (Lipinski definition) is 4. The molecule has 0 radical (unpaired) electrons. The van der Waals surface area contributed by atoms with E-state index in [4.69, 9.17) is 4.42 Å². The fourth-order valence-electron chi connectivity index (χ4n) is 3.94. The summed E-state index contributed by atoms with van der Waals surface area (Å²) in [4.78, 5) is 17.0. The topological polar surface area (TPSA) is 48.7 Å². The van der Waals surface area contributed by atoms with Gasteiger partial charge in [-0.2, -0.15) is 0 Å². The molecule has 0 bridgehead atoms. The summed E-state index contributed by atoms with van der Waals surface area (Å²) >= 11 is 0. The number of fused-ring (bicyclic) bond motifs is 1. The van der Waals surface area contributed by atoms with Crippen molar-refractivity contribution < 1.29 is 9.21 Å². The van der Waals surface area contributed by atoms with Crippen molar-refractivity contribution >= 4 is 11.6 Å². The van der Waals surface area contributed by atoms with E-state index in [9.17, 15) is 4.79 Å². The highest BCUT2D eigenvalue weighted by Gasteiger charge is 2.18. The lowest BCUT2D eigenvalue weighted by Gasteiger charge is -2.19. The van der Waals surface area contributed by atoms with Crippen LogP contribution in [0.25, 0.3) is 0 Å². The predicted octanol–water partition coefficient (Wildman–Crippen LogP) is 3.06. The number of benzene rings is 1. The molecule has 1 aromatic carbocycles. The van der Waals surface area contributed by atoms with Crippen LogP contribution >= 0.6 is 0 Å². The molecule has 0 aliphatic carbocycles. The molecular weight excluding hydrogens is 326 g/mol. The van der Waals surface area contributed by atoms with Gasteiger partial charge in [0.15, 0.2) is 5.76 Å². The van der Waals surface area contributed by atoms with Gasteiger partial charge >= 0.3 is 0 Å². The van der Waals surface area contributed by atoms with Gasteiger partial charge in [-0.15, -0.1) is 0 Å². The first-order valence-electron chi connectivity index (χ1n) is 9.72. The zero-order valence-corrected chi connectivity index (χ0v) is 15.2. The summed E-state index contributed by atoms with van der Waals surface area (Å²) in [5.74, 6) is 1.19. The molecule has 5 nitrogen and oxygen atoms in total. The van der Waals surface area contributed by atoms with E-state index >= 15 is 0 Å². The quantitative estimate of drug-likeness (QED) is 0.777. The highest BCUT2D eigenvalue weighted by atomic mass is 16.4. The molecule has 2 aliphatic rings. The molecule has 0 saturated carbocycles. The molecule has 2 aliphatic heterocycles. The molecule has 0 unspecified atom stereocenters. The Labute approximate surface area is 155 Å². The largest absolute Gasteiger partial charge is 0.455 e. The van der Waals surface area contributed by atoms with Crippen molar-refractivity contribution in [3.05, 3.63) is 53.5 Å². The molecule has 3 heterocycles. The lowest BCUT2D eigenvalue weighted by Crippen LogP contribution is -2.29. The highest BCUT2D eigenvalue weighted by Crippen LogP contribution is 2.27. The first kappa shape index (κ1) is 17.2. The van der Waals surface area contributed by atoms with E-state index in [1.54, 1.807) is 6.07 Å². The summed E-state index contributed by atoms with van der Waals surface area (Å²) in [6, 6.07) is 12.3. The fourth-order valence-corrected chi connectivity index (χ4v) is 3.94. The molecule has 4 rings (SSSR count). The monoisotopic (exact) mass is 353 g/mol. The maximum atomic E-state index is 12.3. The van der Waals surface area contributed by atoms with Crippen LogP contribution in [-0.4, -0.2) is 43.5 Å². The lowest BCUT2D eigenvalue weighted by molar-refractivity contribution is 0.0922. The Morgan fingerprint density at radius 3 is 2.81 bits per heavy atom. The fraction of sp³-hybridized carbons (Fsp3) is 0.476. The van der Waals surface area contributed by atoms with E-state index < -0.39 is 0 Å². The van der Waals surface area contributed by atoms with Crippen LogP contribution in [0.3, 0.4) is 0 Å². The number of anilines is 1. The average molecular weight is 353 g/mol. The lowest BCUT2D eigenvalue weighted by atomic mass is 10.2. The van der Waals surface area contributed by atoms with Crippen LogP contribution in [0.1, 0.15) is 41.1 Å². The van der Waals surface area contributed by atoms with Crippen molar-refractivity contribution in [3.63, 3.8) is 0 Å². The van der Waals surface area contributed by atoms with Crippen molar-refractivity contribution in [3.8, 4) is 0 Å². The molecule has 5 heteroatoms. The second-order valence-electron chi connectivity index (χ2n) is 7.22. The summed E-state index contributed by atoms with van der Waals surface area (Å²) in [5, 5.41) is 2.98. The number of amides is 1. The van der Waals surface area contributed by atoms with Crippen molar-refractivity contribution in [1.29, 1.82) is 0 Å². The van der Waals surface area contributed by atoms with Gasteiger partial charge in [-0.25, -0.2) is 0 Å². The van der Waals surface area contributed by atoms with Crippen LogP contribution in [0.2, 0.25) is 0 Å². The normalized spacial score (nSPS) is 16.8. The first-order chi connectivity index (χ1) is 12.8. The number of carbonyl (C=O) groups excluding carboxylic acids is 1. The SMILES string of the molecule is O=C(NCCCN1CCc2ccccc21)c1ccc(CN2CCCC2)o1.